The third-order valence-electron chi connectivity index (χ3n) is 4.20. The van der Waals surface area contributed by atoms with Gasteiger partial charge in [-0.1, -0.05) is 18.6 Å². The van der Waals surface area contributed by atoms with Gasteiger partial charge in [-0.25, -0.2) is 4.79 Å². The van der Waals surface area contributed by atoms with Gasteiger partial charge in [0.1, 0.15) is 0 Å². The number of carbonyl (C=O) groups is 2. The molecule has 1 saturated carbocycles. The lowest BCUT2D eigenvalue weighted by molar-refractivity contribution is -0.153. The van der Waals surface area contributed by atoms with E-state index in [1.165, 1.54) is 0 Å². The highest BCUT2D eigenvalue weighted by Gasteiger charge is 2.44. The van der Waals surface area contributed by atoms with Crippen molar-refractivity contribution in [2.75, 3.05) is 11.9 Å². The number of carboxylic acid groups (broad SMARTS) is 1. The van der Waals surface area contributed by atoms with Gasteiger partial charge < -0.3 is 15.7 Å². The van der Waals surface area contributed by atoms with E-state index in [0.717, 1.165) is 23.2 Å². The molecule has 3 N–H and O–H groups in total. The van der Waals surface area contributed by atoms with Gasteiger partial charge in [-0.15, -0.1) is 0 Å². The molecule has 0 aromatic heterocycles. The largest absolute Gasteiger partial charge is 0.481 e. The number of rotatable bonds is 4. The Hall–Kier alpha value is -2.04. The van der Waals surface area contributed by atoms with Gasteiger partial charge in [-0.05, 0) is 43.9 Å². The number of aryl methyl sites for hydroxylation is 1. The number of carboxylic acids is 1. The van der Waals surface area contributed by atoms with Gasteiger partial charge in [0.25, 0.3) is 0 Å². The van der Waals surface area contributed by atoms with E-state index in [1.54, 1.807) is 0 Å². The van der Waals surface area contributed by atoms with E-state index in [2.05, 4.69) is 10.6 Å². The summed E-state index contributed by atoms with van der Waals surface area (Å²) in [5.41, 5.74) is 2.10. The van der Waals surface area contributed by atoms with E-state index in [-0.39, 0.29) is 12.6 Å². The van der Waals surface area contributed by atoms with Crippen molar-refractivity contribution >= 4 is 17.7 Å². The third-order valence-corrected chi connectivity index (χ3v) is 4.20. The Bertz CT molecular complexity index is 536. The van der Waals surface area contributed by atoms with Gasteiger partial charge in [0.05, 0.1) is 5.41 Å². The standard InChI is InChI=1S/C15H20N2O3/c1-10-5-3-6-12(11(10)2)17-14(20)16-9-15(13(18)19)7-4-8-15/h3,5-6H,4,7-9H2,1-2H3,(H,18,19)(H2,16,17,20). The van der Waals surface area contributed by atoms with Crippen LogP contribution in [-0.2, 0) is 4.79 Å². The Labute approximate surface area is 118 Å². The van der Waals surface area contributed by atoms with Gasteiger partial charge >= 0.3 is 12.0 Å². The number of hydrogen-bond donors (Lipinski definition) is 3. The van der Waals surface area contributed by atoms with Gasteiger partial charge in [-0.3, -0.25) is 4.79 Å². The van der Waals surface area contributed by atoms with Crippen molar-refractivity contribution in [3.05, 3.63) is 29.3 Å². The van der Waals surface area contributed by atoms with E-state index in [1.807, 2.05) is 32.0 Å². The smallest absolute Gasteiger partial charge is 0.319 e. The maximum absolute atomic E-state index is 11.9. The van der Waals surface area contributed by atoms with E-state index >= 15 is 0 Å². The first kappa shape index (κ1) is 14.4. The molecule has 20 heavy (non-hydrogen) atoms. The molecule has 0 bridgehead atoms. The van der Waals surface area contributed by atoms with Gasteiger partial charge in [-0.2, -0.15) is 0 Å². The summed E-state index contributed by atoms with van der Waals surface area (Å²) in [6.07, 6.45) is 2.17. The van der Waals surface area contributed by atoms with Crippen LogP contribution in [-0.4, -0.2) is 23.7 Å². The summed E-state index contributed by atoms with van der Waals surface area (Å²) < 4.78 is 0. The maximum Gasteiger partial charge on any atom is 0.319 e. The maximum atomic E-state index is 11.9. The Balaban J connectivity index is 1.93. The fourth-order valence-corrected chi connectivity index (χ4v) is 2.37. The molecule has 0 radical (unpaired) electrons. The molecule has 0 unspecified atom stereocenters. The second-order valence-electron chi connectivity index (χ2n) is 5.49. The van der Waals surface area contributed by atoms with Crippen LogP contribution in [0.25, 0.3) is 0 Å². The van der Waals surface area contributed by atoms with E-state index in [4.69, 9.17) is 0 Å². The Kier molecular flexibility index (Phi) is 3.97. The Morgan fingerprint density at radius 1 is 1.30 bits per heavy atom. The van der Waals surface area contributed by atoms with Crippen LogP contribution in [0.15, 0.2) is 18.2 Å². The Morgan fingerprint density at radius 3 is 2.55 bits per heavy atom. The van der Waals surface area contributed by atoms with Crippen molar-refractivity contribution in [2.45, 2.75) is 33.1 Å². The lowest BCUT2D eigenvalue weighted by Crippen LogP contribution is -2.48. The number of anilines is 1. The molecule has 1 aliphatic rings. The number of aliphatic carboxylic acids is 1. The number of carbonyl (C=O) groups excluding carboxylic acids is 1. The highest BCUT2D eigenvalue weighted by molar-refractivity contribution is 5.90. The quantitative estimate of drug-likeness (QED) is 0.791. The molecule has 108 valence electrons. The second kappa shape index (κ2) is 5.53. The van der Waals surface area contributed by atoms with Crippen LogP contribution < -0.4 is 10.6 Å². The van der Waals surface area contributed by atoms with Crippen LogP contribution >= 0.6 is 0 Å². The van der Waals surface area contributed by atoms with Crippen LogP contribution in [0.4, 0.5) is 10.5 Å². The first-order valence-corrected chi connectivity index (χ1v) is 6.79. The molecule has 0 atom stereocenters. The normalized spacial score (nSPS) is 16.1. The average Bonchev–Trinajstić information content (AvgIpc) is 2.33. The Morgan fingerprint density at radius 2 is 2.00 bits per heavy atom. The molecule has 1 aliphatic carbocycles. The fourth-order valence-electron chi connectivity index (χ4n) is 2.37. The average molecular weight is 276 g/mol. The predicted octanol–water partition coefficient (Wildman–Crippen LogP) is 2.68. The zero-order valence-corrected chi connectivity index (χ0v) is 11.8. The summed E-state index contributed by atoms with van der Waals surface area (Å²) >= 11 is 0. The summed E-state index contributed by atoms with van der Waals surface area (Å²) in [6, 6.07) is 5.33. The summed E-state index contributed by atoms with van der Waals surface area (Å²) in [5.74, 6) is -0.823. The van der Waals surface area contributed by atoms with Gasteiger partial charge in [0, 0.05) is 12.2 Å². The van der Waals surface area contributed by atoms with Crippen LogP contribution in [0.5, 0.6) is 0 Å². The monoisotopic (exact) mass is 276 g/mol. The molecule has 1 fully saturated rings. The number of benzene rings is 1. The summed E-state index contributed by atoms with van der Waals surface area (Å²) in [4.78, 5) is 23.1. The first-order chi connectivity index (χ1) is 9.44. The van der Waals surface area contributed by atoms with Crippen molar-refractivity contribution in [3.63, 3.8) is 0 Å². The highest BCUT2D eigenvalue weighted by Crippen LogP contribution is 2.40. The predicted molar refractivity (Wildman–Crippen MR) is 76.9 cm³/mol. The number of nitrogens with one attached hydrogen (secondary N) is 2. The molecule has 0 aliphatic heterocycles. The van der Waals surface area contributed by atoms with Crippen molar-refractivity contribution in [1.29, 1.82) is 0 Å². The lowest BCUT2D eigenvalue weighted by atomic mass is 9.69. The minimum Gasteiger partial charge on any atom is -0.481 e. The number of amides is 2. The summed E-state index contributed by atoms with van der Waals surface area (Å²) in [6.45, 7) is 4.10. The first-order valence-electron chi connectivity index (χ1n) is 6.79. The SMILES string of the molecule is Cc1cccc(NC(=O)NCC2(C(=O)O)CCC2)c1C. The molecule has 5 nitrogen and oxygen atoms in total. The zero-order valence-electron chi connectivity index (χ0n) is 11.8. The van der Waals surface area contributed by atoms with Crippen LogP contribution in [0.1, 0.15) is 30.4 Å². The van der Waals surface area contributed by atoms with Gasteiger partial charge in [0.15, 0.2) is 0 Å². The van der Waals surface area contributed by atoms with E-state index < -0.39 is 11.4 Å². The van der Waals surface area contributed by atoms with Crippen molar-refractivity contribution in [1.82, 2.24) is 5.32 Å². The number of hydrogen-bond acceptors (Lipinski definition) is 2. The van der Waals surface area contributed by atoms with E-state index in [0.29, 0.717) is 12.8 Å². The molecule has 0 spiro atoms. The molecule has 1 aromatic rings. The van der Waals surface area contributed by atoms with E-state index in [9.17, 15) is 14.7 Å². The third kappa shape index (κ3) is 2.76. The topological polar surface area (TPSA) is 78.4 Å². The summed E-state index contributed by atoms with van der Waals surface area (Å²) in [7, 11) is 0. The minimum atomic E-state index is -0.823. The highest BCUT2D eigenvalue weighted by atomic mass is 16.4. The molecule has 0 saturated heterocycles. The molecule has 1 aromatic carbocycles. The molecular weight excluding hydrogens is 256 g/mol. The van der Waals surface area contributed by atoms with Crippen LogP contribution in [0, 0.1) is 19.3 Å². The molecule has 5 heteroatoms. The van der Waals surface area contributed by atoms with Gasteiger partial charge in [0.2, 0.25) is 0 Å². The van der Waals surface area contributed by atoms with Crippen LogP contribution in [0.2, 0.25) is 0 Å². The van der Waals surface area contributed by atoms with Crippen molar-refractivity contribution < 1.29 is 14.7 Å². The minimum absolute atomic E-state index is 0.180. The molecule has 2 amide bonds. The molecular formula is C15H20N2O3. The lowest BCUT2D eigenvalue weighted by Gasteiger charge is -2.37. The fraction of sp³-hybridized carbons (Fsp3) is 0.467. The van der Waals surface area contributed by atoms with Crippen molar-refractivity contribution in [2.24, 2.45) is 5.41 Å². The summed E-state index contributed by atoms with van der Waals surface area (Å²) in [5, 5.41) is 14.6. The second-order valence-corrected chi connectivity index (χ2v) is 5.49. The zero-order chi connectivity index (χ0) is 14.8. The van der Waals surface area contributed by atoms with Crippen LogP contribution in [0.3, 0.4) is 0 Å². The number of urea groups is 1. The molecule has 2 rings (SSSR count). The molecule has 0 heterocycles. The van der Waals surface area contributed by atoms with Crippen molar-refractivity contribution in [3.8, 4) is 0 Å².